The molecule has 1 atom stereocenters. The number of rotatable bonds is 7. The summed E-state index contributed by atoms with van der Waals surface area (Å²) in [6.07, 6.45) is -1.78. The van der Waals surface area contributed by atoms with Crippen molar-refractivity contribution < 1.29 is 22.0 Å². The molecular formula is C20H30F5IN4. The van der Waals surface area contributed by atoms with Gasteiger partial charge in [-0.15, -0.1) is 24.0 Å². The molecule has 172 valence electrons. The fraction of sp³-hybridized carbons (Fsp3) is 0.650. The maximum absolute atomic E-state index is 13.9. The molecule has 10 heteroatoms. The second kappa shape index (κ2) is 12.6. The number of benzene rings is 1. The van der Waals surface area contributed by atoms with Gasteiger partial charge in [0.1, 0.15) is 11.6 Å². The molecule has 2 N–H and O–H groups in total. The number of alkyl halides is 3. The largest absolute Gasteiger partial charge is 0.401 e. The number of likely N-dealkylation sites (tertiary alicyclic amines) is 1. The molecule has 0 aromatic heterocycles. The van der Waals surface area contributed by atoms with Crippen molar-refractivity contribution in [2.45, 2.75) is 38.3 Å². The van der Waals surface area contributed by atoms with Crippen LogP contribution in [0.5, 0.6) is 0 Å². The third-order valence-electron chi connectivity index (χ3n) is 5.25. The third-order valence-corrected chi connectivity index (χ3v) is 5.25. The second-order valence-electron chi connectivity index (χ2n) is 7.57. The number of aliphatic imine (C=N–C) groups is 1. The monoisotopic (exact) mass is 548 g/mol. The molecule has 1 heterocycles. The summed E-state index contributed by atoms with van der Waals surface area (Å²) in [4.78, 5) is 5.59. The number of hydrogen-bond acceptors (Lipinski definition) is 2. The Hall–Kier alpha value is -1.17. The van der Waals surface area contributed by atoms with Crippen LogP contribution in [0.2, 0.25) is 0 Å². The standard InChI is InChI=1S/C20H29F5N4.HI/c1-14(17-4-3-16(21)11-18(17)22)12-28-19(26-2)27-8-5-15-6-9-29(10-7-15)13-20(23,24)25;/h3-4,11,14-15H,5-10,12-13H2,1-2H3,(H2,26,27,28);1H. The Bertz CT molecular complexity index is 676. The number of piperidine rings is 1. The molecule has 0 amide bonds. The van der Waals surface area contributed by atoms with E-state index in [0.717, 1.165) is 25.3 Å². The smallest absolute Gasteiger partial charge is 0.356 e. The average Bonchev–Trinajstić information content (AvgIpc) is 2.64. The van der Waals surface area contributed by atoms with Gasteiger partial charge in [0.25, 0.3) is 0 Å². The predicted octanol–water partition coefficient (Wildman–Crippen LogP) is 4.52. The first kappa shape index (κ1) is 26.9. The number of nitrogens with zero attached hydrogens (tertiary/aromatic N) is 2. The van der Waals surface area contributed by atoms with Crippen molar-refractivity contribution in [2.75, 3.05) is 39.8 Å². The highest BCUT2D eigenvalue weighted by atomic mass is 127. The van der Waals surface area contributed by atoms with Crippen LogP contribution in [0.25, 0.3) is 0 Å². The van der Waals surface area contributed by atoms with Gasteiger partial charge >= 0.3 is 6.18 Å². The third kappa shape index (κ3) is 9.32. The van der Waals surface area contributed by atoms with Crippen molar-refractivity contribution >= 4 is 29.9 Å². The Morgan fingerprint density at radius 1 is 1.20 bits per heavy atom. The zero-order valence-corrected chi connectivity index (χ0v) is 19.6. The summed E-state index contributed by atoms with van der Waals surface area (Å²) < 4.78 is 64.2. The van der Waals surface area contributed by atoms with E-state index in [9.17, 15) is 22.0 Å². The maximum atomic E-state index is 13.9. The maximum Gasteiger partial charge on any atom is 0.401 e. The van der Waals surface area contributed by atoms with Gasteiger partial charge in [-0.3, -0.25) is 9.89 Å². The molecule has 0 bridgehead atoms. The minimum absolute atomic E-state index is 0. The van der Waals surface area contributed by atoms with Gasteiger partial charge in [0.05, 0.1) is 6.54 Å². The van der Waals surface area contributed by atoms with E-state index in [4.69, 9.17) is 0 Å². The Morgan fingerprint density at radius 2 is 1.87 bits per heavy atom. The molecule has 1 unspecified atom stereocenters. The van der Waals surface area contributed by atoms with Gasteiger partial charge < -0.3 is 10.6 Å². The van der Waals surface area contributed by atoms with Crippen LogP contribution in [0.3, 0.4) is 0 Å². The normalized spacial score (nSPS) is 17.4. The first-order valence-corrected chi connectivity index (χ1v) is 9.86. The van der Waals surface area contributed by atoms with Crippen molar-refractivity contribution in [2.24, 2.45) is 10.9 Å². The molecule has 2 rings (SSSR count). The minimum Gasteiger partial charge on any atom is -0.356 e. The van der Waals surface area contributed by atoms with E-state index in [1.54, 1.807) is 7.05 Å². The Labute approximate surface area is 191 Å². The van der Waals surface area contributed by atoms with E-state index in [1.807, 2.05) is 6.92 Å². The number of halogens is 6. The van der Waals surface area contributed by atoms with Crippen molar-refractivity contribution in [1.82, 2.24) is 15.5 Å². The fourth-order valence-corrected chi connectivity index (χ4v) is 3.56. The summed E-state index contributed by atoms with van der Waals surface area (Å²) in [5.74, 6) is -0.384. The molecule has 1 aromatic rings. The number of guanidine groups is 1. The predicted molar refractivity (Wildman–Crippen MR) is 119 cm³/mol. The summed E-state index contributed by atoms with van der Waals surface area (Å²) in [6.45, 7) is 3.03. The van der Waals surface area contributed by atoms with Crippen molar-refractivity contribution in [1.29, 1.82) is 0 Å². The Morgan fingerprint density at radius 3 is 2.43 bits per heavy atom. The lowest BCUT2D eigenvalue weighted by atomic mass is 9.93. The average molecular weight is 548 g/mol. The van der Waals surface area contributed by atoms with Gasteiger partial charge in [-0.2, -0.15) is 13.2 Å². The first-order chi connectivity index (χ1) is 13.7. The van der Waals surface area contributed by atoms with Gasteiger partial charge in [-0.25, -0.2) is 8.78 Å². The first-order valence-electron chi connectivity index (χ1n) is 9.86. The van der Waals surface area contributed by atoms with Crippen molar-refractivity contribution in [3.05, 3.63) is 35.4 Å². The van der Waals surface area contributed by atoms with Crippen LogP contribution in [0, 0.1) is 17.6 Å². The number of hydrogen-bond donors (Lipinski definition) is 2. The molecule has 0 spiro atoms. The highest BCUT2D eigenvalue weighted by Gasteiger charge is 2.32. The Balaban J connectivity index is 0.00000450. The van der Waals surface area contributed by atoms with Crippen LogP contribution in [0.4, 0.5) is 22.0 Å². The van der Waals surface area contributed by atoms with E-state index < -0.39 is 24.4 Å². The highest BCUT2D eigenvalue weighted by Crippen LogP contribution is 2.24. The SMILES string of the molecule is CN=C(NCCC1CCN(CC(F)(F)F)CC1)NCC(C)c1ccc(F)cc1F.I. The van der Waals surface area contributed by atoms with Gasteiger partial charge in [0, 0.05) is 32.1 Å². The molecule has 1 aromatic carbocycles. The number of nitrogens with one attached hydrogen (secondary N) is 2. The van der Waals surface area contributed by atoms with E-state index >= 15 is 0 Å². The Kier molecular flexibility index (Phi) is 11.3. The van der Waals surface area contributed by atoms with Gasteiger partial charge in [0.15, 0.2) is 5.96 Å². The van der Waals surface area contributed by atoms with Gasteiger partial charge in [0.2, 0.25) is 0 Å². The molecule has 0 aliphatic carbocycles. The topological polar surface area (TPSA) is 39.7 Å². The fourth-order valence-electron chi connectivity index (χ4n) is 3.56. The summed E-state index contributed by atoms with van der Waals surface area (Å²) in [5.41, 5.74) is 0.431. The van der Waals surface area contributed by atoms with Crippen LogP contribution in [0.15, 0.2) is 23.2 Å². The molecule has 0 radical (unpaired) electrons. The molecule has 1 aliphatic heterocycles. The second-order valence-corrected chi connectivity index (χ2v) is 7.57. The summed E-state index contributed by atoms with van der Waals surface area (Å²) >= 11 is 0. The molecule has 1 fully saturated rings. The van der Waals surface area contributed by atoms with Crippen molar-refractivity contribution in [3.8, 4) is 0 Å². The molecule has 1 saturated heterocycles. The lowest BCUT2D eigenvalue weighted by Crippen LogP contribution is -2.42. The zero-order chi connectivity index (χ0) is 21.4. The molecular weight excluding hydrogens is 518 g/mol. The molecule has 0 saturated carbocycles. The van der Waals surface area contributed by atoms with Gasteiger partial charge in [-0.1, -0.05) is 13.0 Å². The minimum atomic E-state index is -4.14. The van der Waals surface area contributed by atoms with E-state index in [-0.39, 0.29) is 29.9 Å². The van der Waals surface area contributed by atoms with Crippen LogP contribution < -0.4 is 10.6 Å². The molecule has 1 aliphatic rings. The zero-order valence-electron chi connectivity index (χ0n) is 17.2. The molecule has 4 nitrogen and oxygen atoms in total. The van der Waals surface area contributed by atoms with Crippen LogP contribution in [0.1, 0.15) is 37.7 Å². The quantitative estimate of drug-likeness (QED) is 0.228. The van der Waals surface area contributed by atoms with E-state index in [2.05, 4.69) is 15.6 Å². The van der Waals surface area contributed by atoms with Gasteiger partial charge in [-0.05, 0) is 49.9 Å². The lowest BCUT2D eigenvalue weighted by Gasteiger charge is -2.32. The van der Waals surface area contributed by atoms with E-state index in [0.29, 0.717) is 43.6 Å². The van der Waals surface area contributed by atoms with E-state index in [1.165, 1.54) is 17.0 Å². The van der Waals surface area contributed by atoms with Crippen LogP contribution in [-0.4, -0.2) is 56.8 Å². The van der Waals surface area contributed by atoms with Crippen molar-refractivity contribution in [3.63, 3.8) is 0 Å². The van der Waals surface area contributed by atoms with Crippen LogP contribution in [-0.2, 0) is 0 Å². The highest BCUT2D eigenvalue weighted by molar-refractivity contribution is 14.0. The lowest BCUT2D eigenvalue weighted by molar-refractivity contribution is -0.148. The van der Waals surface area contributed by atoms with Crippen LogP contribution >= 0.6 is 24.0 Å². The summed E-state index contributed by atoms with van der Waals surface area (Å²) in [6, 6.07) is 3.55. The summed E-state index contributed by atoms with van der Waals surface area (Å²) in [5, 5.41) is 6.31. The molecule has 30 heavy (non-hydrogen) atoms. The summed E-state index contributed by atoms with van der Waals surface area (Å²) in [7, 11) is 1.63.